The number of fused-ring (bicyclic) bond motifs is 1. The molecule has 0 aromatic heterocycles. The third kappa shape index (κ3) is 12.6. The summed E-state index contributed by atoms with van der Waals surface area (Å²) in [5.41, 5.74) is 1.31. The van der Waals surface area contributed by atoms with E-state index in [2.05, 4.69) is 36.3 Å². The van der Waals surface area contributed by atoms with Crippen molar-refractivity contribution >= 4 is 67.1 Å². The molecular formula is C46H54ClN4NaO10S. The first-order valence-corrected chi connectivity index (χ1v) is 22.0. The molecule has 0 spiro atoms. The van der Waals surface area contributed by atoms with Crippen LogP contribution in [0.1, 0.15) is 86.7 Å². The number of nitrogens with zero attached hydrogens (tertiary/aromatic N) is 3. The topological polar surface area (TPSA) is 197 Å². The van der Waals surface area contributed by atoms with Gasteiger partial charge in [-0.25, -0.2) is 0 Å². The van der Waals surface area contributed by atoms with Crippen LogP contribution in [-0.4, -0.2) is 48.2 Å². The van der Waals surface area contributed by atoms with Gasteiger partial charge >= 0.3 is 29.6 Å². The number of hydrogen-bond acceptors (Lipinski definition) is 11. The zero-order valence-electron chi connectivity index (χ0n) is 38.1. The minimum Gasteiger partial charge on any atom is -1.00 e. The molecule has 5 aromatic rings. The van der Waals surface area contributed by atoms with Crippen LogP contribution in [0, 0.1) is 12.3 Å². The number of ether oxygens (including phenoxy) is 2. The monoisotopic (exact) mass is 912 g/mol. The quantitative estimate of drug-likeness (QED) is 0.0217. The van der Waals surface area contributed by atoms with Crippen molar-refractivity contribution in [3.05, 3.63) is 95.0 Å². The molecule has 0 atom stereocenters. The third-order valence-electron chi connectivity index (χ3n) is 10.8. The van der Waals surface area contributed by atoms with E-state index in [1.807, 2.05) is 32.9 Å². The van der Waals surface area contributed by atoms with E-state index in [4.69, 9.17) is 25.9 Å². The van der Waals surface area contributed by atoms with Crippen LogP contribution in [0.5, 0.6) is 28.7 Å². The Balaban J connectivity index is 0.00000544. The summed E-state index contributed by atoms with van der Waals surface area (Å²) in [5.74, 6) is -0.423. The number of halogens is 1. The normalized spacial score (nSPS) is 11.9. The first-order valence-electron chi connectivity index (χ1n) is 20.2. The summed E-state index contributed by atoms with van der Waals surface area (Å²) in [6.45, 7) is 15.9. The van der Waals surface area contributed by atoms with Crippen LogP contribution in [0.4, 0.5) is 22.7 Å². The van der Waals surface area contributed by atoms with Gasteiger partial charge in [-0.2, -0.15) is 13.5 Å². The van der Waals surface area contributed by atoms with Gasteiger partial charge in [0.2, 0.25) is 5.91 Å². The van der Waals surface area contributed by atoms with Crippen LogP contribution in [0.15, 0.2) is 94.0 Å². The van der Waals surface area contributed by atoms with Crippen LogP contribution in [0.25, 0.3) is 10.8 Å². The second-order valence-corrected chi connectivity index (χ2v) is 18.0. The molecule has 14 nitrogen and oxygen atoms in total. The number of amides is 2. The number of aromatic hydroxyl groups is 2. The summed E-state index contributed by atoms with van der Waals surface area (Å²) in [7, 11) is -4.83. The zero-order chi connectivity index (χ0) is 45.6. The Morgan fingerprint density at radius 2 is 1.48 bits per heavy atom. The molecule has 0 aliphatic carbocycles. The van der Waals surface area contributed by atoms with Crippen LogP contribution >= 0.6 is 11.6 Å². The molecule has 0 radical (unpaired) electrons. The number of carbonyl (C=O) groups is 2. The molecule has 332 valence electrons. The number of nitrogens with one attached hydrogen (secondary N) is 1. The SMILES string of the molecule is CCC(=O)Nc1ccc2cc(S(=O)(=O)O)c(N=Nc3ccc(OCCOc4cc(N(Oc5ccc(C(C)(C)CC)cc5)C(=O)CC(C)(C)CC)c(O)c(Cl)c4C)cc3)c(O)c2c1.[H-].[Na+]. The second kappa shape index (κ2) is 21.2. The Labute approximate surface area is 397 Å². The number of phenolic OH excluding ortho intramolecular Hbond substituents is 2. The predicted molar refractivity (Wildman–Crippen MR) is 241 cm³/mol. The maximum Gasteiger partial charge on any atom is 1.00 e. The van der Waals surface area contributed by atoms with Crippen molar-refractivity contribution in [1.29, 1.82) is 0 Å². The van der Waals surface area contributed by atoms with Crippen LogP contribution in [0.3, 0.4) is 0 Å². The molecule has 0 fully saturated rings. The summed E-state index contributed by atoms with van der Waals surface area (Å²) in [4.78, 5) is 31.3. The van der Waals surface area contributed by atoms with E-state index in [0.717, 1.165) is 29.5 Å². The van der Waals surface area contributed by atoms with Crippen molar-refractivity contribution in [2.24, 2.45) is 15.6 Å². The standard InChI is InChI=1S/C46H53ClN4O10S.Na.H/c1-9-39(52)48-32-15-12-29-24-38(62(56,57)58)42(43(54)35(29)25-32)50-49-31-16-20-33(21-17-31)59-22-23-60-37-26-36(44(55)41(47)28(37)4)51(40(53)27-45(5,6)10-2)61-34-18-13-30(14-19-34)46(7,8)11-3;;/h12-21,24-26,54-55H,9-11,22-23,27H2,1-8H3,(H,48,52)(H,56,57,58);;/q;+1;-1. The fraction of sp³-hybridized carbons (Fsp3) is 0.348. The molecule has 5 rings (SSSR count). The molecule has 0 heterocycles. The largest absolute Gasteiger partial charge is 1.00 e. The van der Waals surface area contributed by atoms with E-state index in [-0.39, 0.29) is 113 Å². The van der Waals surface area contributed by atoms with Crippen molar-refractivity contribution in [3.63, 3.8) is 0 Å². The van der Waals surface area contributed by atoms with Gasteiger partial charge in [-0.05, 0) is 89.7 Å². The molecule has 5 aromatic carbocycles. The maximum absolute atomic E-state index is 13.9. The molecule has 0 unspecified atom stereocenters. The Bertz CT molecular complexity index is 2590. The van der Waals surface area contributed by atoms with E-state index in [1.54, 1.807) is 50.2 Å². The number of hydroxylamine groups is 1. The number of benzene rings is 5. The fourth-order valence-electron chi connectivity index (χ4n) is 6.11. The molecule has 0 aliphatic rings. The number of phenols is 2. The van der Waals surface area contributed by atoms with Gasteiger partial charge in [0.25, 0.3) is 16.0 Å². The van der Waals surface area contributed by atoms with Crippen molar-refractivity contribution in [3.8, 4) is 28.7 Å². The molecular weight excluding hydrogens is 859 g/mol. The molecule has 0 bridgehead atoms. The summed E-state index contributed by atoms with van der Waals surface area (Å²) >= 11 is 6.63. The number of carbonyl (C=O) groups excluding carboxylic acids is 2. The Hall–Kier alpha value is -4.90. The van der Waals surface area contributed by atoms with Crippen molar-refractivity contribution < 1.29 is 78.1 Å². The summed E-state index contributed by atoms with van der Waals surface area (Å²) in [5, 5.41) is 34.6. The van der Waals surface area contributed by atoms with Crippen molar-refractivity contribution in [2.75, 3.05) is 23.6 Å². The van der Waals surface area contributed by atoms with Gasteiger partial charge in [0.05, 0.1) is 10.7 Å². The minimum atomic E-state index is -4.83. The van der Waals surface area contributed by atoms with E-state index in [9.17, 15) is 32.8 Å². The first-order chi connectivity index (χ1) is 29.2. The first kappa shape index (κ1) is 50.7. The van der Waals surface area contributed by atoms with Crippen LogP contribution in [0.2, 0.25) is 5.02 Å². The summed E-state index contributed by atoms with van der Waals surface area (Å²) < 4.78 is 46.4. The van der Waals surface area contributed by atoms with Gasteiger partial charge in [-0.1, -0.05) is 84.7 Å². The molecule has 2 amide bonds. The average Bonchev–Trinajstić information content (AvgIpc) is 3.24. The molecule has 0 saturated heterocycles. The summed E-state index contributed by atoms with van der Waals surface area (Å²) in [6, 6.07) is 20.9. The van der Waals surface area contributed by atoms with Crippen molar-refractivity contribution in [1.82, 2.24) is 0 Å². The van der Waals surface area contributed by atoms with Gasteiger partial charge < -0.3 is 31.3 Å². The van der Waals surface area contributed by atoms with Crippen molar-refractivity contribution in [2.45, 2.75) is 91.4 Å². The Morgan fingerprint density at radius 1 is 0.841 bits per heavy atom. The van der Waals surface area contributed by atoms with E-state index >= 15 is 0 Å². The smallest absolute Gasteiger partial charge is 1.00 e. The van der Waals surface area contributed by atoms with Crippen LogP contribution < -0.4 is 54.2 Å². The van der Waals surface area contributed by atoms with Gasteiger partial charge in [-0.3, -0.25) is 14.1 Å². The number of anilines is 2. The molecule has 0 aliphatic heterocycles. The Kier molecular flexibility index (Phi) is 17.1. The minimum absolute atomic E-state index is 0. The van der Waals surface area contributed by atoms with E-state index in [0.29, 0.717) is 28.5 Å². The number of azo groups is 1. The molecule has 63 heavy (non-hydrogen) atoms. The fourth-order valence-corrected chi connectivity index (χ4v) is 6.96. The number of rotatable bonds is 18. The predicted octanol–water partition coefficient (Wildman–Crippen LogP) is 8.64. The van der Waals surface area contributed by atoms with Crippen LogP contribution in [-0.2, 0) is 25.1 Å². The number of hydrogen-bond donors (Lipinski definition) is 4. The second-order valence-electron chi connectivity index (χ2n) is 16.2. The van der Waals surface area contributed by atoms with Gasteiger partial charge in [0.1, 0.15) is 41.0 Å². The third-order valence-corrected chi connectivity index (χ3v) is 12.1. The van der Waals surface area contributed by atoms with Gasteiger partial charge in [0.15, 0.2) is 17.2 Å². The van der Waals surface area contributed by atoms with E-state index in [1.165, 1.54) is 24.3 Å². The van der Waals surface area contributed by atoms with Gasteiger partial charge in [0, 0.05) is 35.5 Å². The Morgan fingerprint density at radius 3 is 2.08 bits per heavy atom. The molecule has 17 heteroatoms. The summed E-state index contributed by atoms with van der Waals surface area (Å²) in [6.07, 6.45) is 2.01. The average molecular weight is 913 g/mol. The molecule has 4 N–H and O–H groups in total. The van der Waals surface area contributed by atoms with Gasteiger partial charge in [-0.15, -0.1) is 10.2 Å². The maximum atomic E-state index is 13.9. The molecule has 0 saturated carbocycles. The van der Waals surface area contributed by atoms with E-state index < -0.39 is 26.5 Å². The zero-order valence-corrected chi connectivity index (χ0v) is 40.6.